The van der Waals surface area contributed by atoms with Gasteiger partial charge in [-0.2, -0.15) is 0 Å². The summed E-state index contributed by atoms with van der Waals surface area (Å²) >= 11 is 0. The first-order valence-corrected chi connectivity index (χ1v) is 4.62. The van der Waals surface area contributed by atoms with Gasteiger partial charge in [0, 0.05) is 12.1 Å². The summed E-state index contributed by atoms with van der Waals surface area (Å²) in [5.74, 6) is 1.75. The number of aliphatic hydroxyl groups excluding tert-OH is 1. The van der Waals surface area contributed by atoms with Crippen LogP contribution in [0.4, 0.5) is 0 Å². The number of hydrogen-bond acceptors (Lipinski definition) is 2. The highest BCUT2D eigenvalue weighted by molar-refractivity contribution is 5.08. The molecule has 64 valence electrons. The van der Waals surface area contributed by atoms with Crippen molar-refractivity contribution in [3.8, 4) is 0 Å². The van der Waals surface area contributed by atoms with Gasteiger partial charge in [0.1, 0.15) is 0 Å². The molecule has 2 heteroatoms. The zero-order valence-electron chi connectivity index (χ0n) is 7.33. The number of rotatable bonds is 2. The normalized spacial score (nSPS) is 49.4. The molecule has 2 nitrogen and oxygen atoms in total. The summed E-state index contributed by atoms with van der Waals surface area (Å²) in [6.07, 6.45) is 2.61. The van der Waals surface area contributed by atoms with Crippen LogP contribution in [0.15, 0.2) is 0 Å². The molecule has 0 bridgehead atoms. The van der Waals surface area contributed by atoms with Crippen LogP contribution in [-0.4, -0.2) is 35.7 Å². The van der Waals surface area contributed by atoms with Crippen molar-refractivity contribution in [3.63, 3.8) is 0 Å². The number of likely N-dealkylation sites (tertiary alicyclic amines) is 1. The summed E-state index contributed by atoms with van der Waals surface area (Å²) in [6, 6.07) is 1.24. The number of piperidine rings is 1. The van der Waals surface area contributed by atoms with Crippen LogP contribution in [0.5, 0.6) is 0 Å². The van der Waals surface area contributed by atoms with Gasteiger partial charge >= 0.3 is 0 Å². The molecule has 0 aromatic heterocycles. The van der Waals surface area contributed by atoms with Gasteiger partial charge < -0.3 is 5.11 Å². The van der Waals surface area contributed by atoms with Gasteiger partial charge in [-0.25, -0.2) is 0 Å². The molecule has 4 atom stereocenters. The molecule has 1 heterocycles. The van der Waals surface area contributed by atoms with E-state index in [9.17, 15) is 0 Å². The molecule has 1 saturated carbocycles. The van der Waals surface area contributed by atoms with E-state index in [0.29, 0.717) is 12.6 Å². The lowest BCUT2D eigenvalue weighted by molar-refractivity contribution is 0.127. The second-order valence-corrected chi connectivity index (χ2v) is 3.95. The molecule has 1 aliphatic heterocycles. The fraction of sp³-hybridized carbons (Fsp3) is 1.00. The van der Waals surface area contributed by atoms with Crippen LogP contribution in [0.1, 0.15) is 19.8 Å². The first-order chi connectivity index (χ1) is 5.29. The highest BCUT2D eigenvalue weighted by Crippen LogP contribution is 2.53. The Balaban J connectivity index is 2.06. The van der Waals surface area contributed by atoms with Crippen molar-refractivity contribution in [2.75, 3.05) is 13.7 Å². The maximum Gasteiger partial charge on any atom is 0.0589 e. The molecule has 0 spiro atoms. The zero-order valence-corrected chi connectivity index (χ0v) is 7.33. The molecule has 1 aliphatic carbocycles. The van der Waals surface area contributed by atoms with Crippen LogP contribution < -0.4 is 0 Å². The van der Waals surface area contributed by atoms with Crippen molar-refractivity contribution in [3.05, 3.63) is 0 Å². The molecule has 0 radical (unpaired) electrons. The van der Waals surface area contributed by atoms with E-state index in [4.69, 9.17) is 5.11 Å². The van der Waals surface area contributed by atoms with Gasteiger partial charge in [-0.15, -0.1) is 0 Å². The summed E-state index contributed by atoms with van der Waals surface area (Å²) in [5.41, 5.74) is 0. The quantitative estimate of drug-likeness (QED) is 0.634. The maximum atomic E-state index is 9.11. The van der Waals surface area contributed by atoms with Crippen molar-refractivity contribution in [1.82, 2.24) is 4.90 Å². The Morgan fingerprint density at radius 3 is 2.36 bits per heavy atom. The van der Waals surface area contributed by atoms with Gasteiger partial charge in [0.25, 0.3) is 0 Å². The van der Waals surface area contributed by atoms with E-state index in [2.05, 4.69) is 18.9 Å². The minimum Gasteiger partial charge on any atom is -0.395 e. The largest absolute Gasteiger partial charge is 0.395 e. The van der Waals surface area contributed by atoms with Crippen molar-refractivity contribution < 1.29 is 5.11 Å². The van der Waals surface area contributed by atoms with Gasteiger partial charge in [0.2, 0.25) is 0 Å². The van der Waals surface area contributed by atoms with E-state index >= 15 is 0 Å². The number of aliphatic hydroxyl groups is 1. The summed E-state index contributed by atoms with van der Waals surface area (Å²) in [5, 5.41) is 9.11. The molecule has 2 rings (SSSR count). The minimum atomic E-state index is 0.355. The van der Waals surface area contributed by atoms with Crippen molar-refractivity contribution in [1.29, 1.82) is 0 Å². The predicted octanol–water partition coefficient (Wildman–Crippen LogP) is 0.707. The van der Waals surface area contributed by atoms with Gasteiger partial charge in [-0.3, -0.25) is 4.90 Å². The topological polar surface area (TPSA) is 23.5 Å². The third kappa shape index (κ3) is 0.926. The smallest absolute Gasteiger partial charge is 0.0589 e. The summed E-state index contributed by atoms with van der Waals surface area (Å²) in [6.45, 7) is 2.60. The molecule has 2 fully saturated rings. The average Bonchev–Trinajstić information content (AvgIpc) is 2.68. The van der Waals surface area contributed by atoms with Gasteiger partial charge in [-0.1, -0.05) is 6.92 Å². The van der Waals surface area contributed by atoms with E-state index in [1.54, 1.807) is 0 Å². The van der Waals surface area contributed by atoms with E-state index in [-0.39, 0.29) is 0 Å². The molecule has 1 N–H and O–H groups in total. The number of likely N-dealkylation sites (N-methyl/N-ethyl adjacent to an activating group) is 1. The summed E-state index contributed by atoms with van der Waals surface area (Å²) < 4.78 is 0. The monoisotopic (exact) mass is 155 g/mol. The first-order valence-electron chi connectivity index (χ1n) is 4.62. The van der Waals surface area contributed by atoms with Crippen LogP contribution in [0.25, 0.3) is 0 Å². The van der Waals surface area contributed by atoms with E-state index in [1.165, 1.54) is 12.8 Å². The molecule has 1 saturated heterocycles. The van der Waals surface area contributed by atoms with E-state index in [0.717, 1.165) is 17.9 Å². The van der Waals surface area contributed by atoms with Crippen LogP contribution in [0.2, 0.25) is 0 Å². The minimum absolute atomic E-state index is 0.355. The number of nitrogens with zero attached hydrogens (tertiary/aromatic N) is 1. The molecule has 0 aromatic rings. The molecule has 11 heavy (non-hydrogen) atoms. The van der Waals surface area contributed by atoms with Crippen LogP contribution in [0, 0.1) is 11.8 Å². The lowest BCUT2D eigenvalue weighted by atomic mass is 10.1. The molecule has 2 unspecified atom stereocenters. The summed E-state index contributed by atoms with van der Waals surface area (Å²) in [7, 11) is 2.15. The standard InChI is InChI=1S/C9H17NO/c1-3-8-6-4-7(6)9(5-11)10(8)2/h6-9,11H,3-5H2,1-2H3/t6-,7+,8?,9?/m0/s1. The molecular weight excluding hydrogens is 138 g/mol. The Labute approximate surface area is 68.2 Å². The predicted molar refractivity (Wildman–Crippen MR) is 44.3 cm³/mol. The Hall–Kier alpha value is -0.0800. The second-order valence-electron chi connectivity index (χ2n) is 3.95. The third-order valence-electron chi connectivity index (χ3n) is 3.53. The SMILES string of the molecule is CCC1[C@H]2C[C@H]2C(CO)N1C. The Bertz CT molecular complexity index is 144. The molecule has 0 aromatic carbocycles. The lowest BCUT2D eigenvalue weighted by Gasteiger charge is -2.27. The highest BCUT2D eigenvalue weighted by Gasteiger charge is 2.55. The van der Waals surface area contributed by atoms with Gasteiger partial charge in [-0.05, 0) is 31.7 Å². The van der Waals surface area contributed by atoms with Crippen molar-refractivity contribution >= 4 is 0 Å². The Morgan fingerprint density at radius 1 is 1.36 bits per heavy atom. The first kappa shape index (κ1) is 7.56. The van der Waals surface area contributed by atoms with E-state index < -0.39 is 0 Å². The van der Waals surface area contributed by atoms with E-state index in [1.807, 2.05) is 0 Å². The molecule has 2 aliphatic rings. The highest BCUT2D eigenvalue weighted by atomic mass is 16.3. The Morgan fingerprint density at radius 2 is 2.00 bits per heavy atom. The fourth-order valence-electron chi connectivity index (χ4n) is 2.83. The lowest BCUT2D eigenvalue weighted by Crippen LogP contribution is -2.38. The van der Waals surface area contributed by atoms with Crippen molar-refractivity contribution in [2.45, 2.75) is 31.8 Å². The zero-order chi connectivity index (χ0) is 8.01. The van der Waals surface area contributed by atoms with Gasteiger partial charge in [0.05, 0.1) is 6.61 Å². The fourth-order valence-corrected chi connectivity index (χ4v) is 2.83. The molecular formula is C9H17NO. The molecule has 0 amide bonds. The number of fused-ring (bicyclic) bond motifs is 1. The second kappa shape index (κ2) is 2.46. The average molecular weight is 155 g/mol. The van der Waals surface area contributed by atoms with Crippen LogP contribution in [-0.2, 0) is 0 Å². The maximum absolute atomic E-state index is 9.11. The van der Waals surface area contributed by atoms with Crippen LogP contribution in [0.3, 0.4) is 0 Å². The van der Waals surface area contributed by atoms with Crippen molar-refractivity contribution in [2.24, 2.45) is 11.8 Å². The Kier molecular flexibility index (Phi) is 1.69. The van der Waals surface area contributed by atoms with Crippen LogP contribution >= 0.6 is 0 Å². The van der Waals surface area contributed by atoms with Gasteiger partial charge in [0.15, 0.2) is 0 Å². The third-order valence-corrected chi connectivity index (χ3v) is 3.53. The number of hydrogen-bond donors (Lipinski definition) is 1. The summed E-state index contributed by atoms with van der Waals surface area (Å²) in [4.78, 5) is 2.37.